The van der Waals surface area contributed by atoms with Crippen molar-refractivity contribution in [1.82, 2.24) is 0 Å². The molecule has 1 aromatic rings. The van der Waals surface area contributed by atoms with Crippen LogP contribution >= 0.6 is 26.4 Å². The Hall–Kier alpha value is -0.340. The molecule has 0 aliphatic rings. The number of hydrogen-bond acceptors (Lipinski definition) is 2. The van der Waals surface area contributed by atoms with E-state index in [0.717, 1.165) is 0 Å². The van der Waals surface area contributed by atoms with Gasteiger partial charge in [0.15, 0.2) is 28.2 Å². The molecule has 15 heavy (non-hydrogen) atoms. The van der Waals surface area contributed by atoms with Crippen molar-refractivity contribution in [2.45, 2.75) is 4.90 Å². The Balaban J connectivity index is 3.84. The van der Waals surface area contributed by atoms with E-state index in [1.165, 1.54) is 0 Å². The lowest BCUT2D eigenvalue weighted by Gasteiger charge is -2.05. The third kappa shape index (κ3) is 2.11. The fraction of sp³-hybridized carbons (Fsp3) is 0. The van der Waals surface area contributed by atoms with E-state index in [1.54, 1.807) is 0 Å². The van der Waals surface area contributed by atoms with Crippen LogP contribution in [0.15, 0.2) is 4.90 Å². The van der Waals surface area contributed by atoms with Crippen molar-refractivity contribution in [1.29, 1.82) is 0 Å². The molecule has 0 aliphatic heterocycles. The average molecular weight is 327 g/mol. The first-order valence-corrected chi connectivity index (χ1v) is 6.84. The van der Waals surface area contributed by atoms with Gasteiger partial charge in [-0.1, -0.05) is 11.6 Å². The second-order valence-corrected chi connectivity index (χ2v) is 6.56. The Morgan fingerprint density at radius 2 is 1.27 bits per heavy atom. The third-order valence-corrected chi connectivity index (χ3v) is 3.56. The Morgan fingerprint density at radius 1 is 0.933 bits per heavy atom. The molecule has 0 saturated heterocycles. The van der Waals surface area contributed by atoms with Crippen molar-refractivity contribution in [2.24, 2.45) is 0 Å². The van der Waals surface area contributed by atoms with Crippen LogP contribution in [0, 0.1) is 23.3 Å². The smallest absolute Gasteiger partial charge is 0.212 e. The quantitative estimate of drug-likeness (QED) is 0.344. The molecule has 0 spiro atoms. The summed E-state index contributed by atoms with van der Waals surface area (Å²) in [6.45, 7) is 0. The van der Waals surface area contributed by atoms with Gasteiger partial charge in [-0.25, -0.2) is 26.0 Å². The van der Waals surface area contributed by atoms with Gasteiger partial charge in [-0.05, 0) is 0 Å². The molecule has 0 bridgehead atoms. The summed E-state index contributed by atoms with van der Waals surface area (Å²) in [5.74, 6) is -8.08. The molecule has 9 heteroatoms. The van der Waals surface area contributed by atoms with E-state index >= 15 is 0 Å². The summed E-state index contributed by atoms with van der Waals surface area (Å²) < 4.78 is 72.9. The Kier molecular flexibility index (Phi) is 3.32. The molecule has 0 aromatic heterocycles. The van der Waals surface area contributed by atoms with Gasteiger partial charge in [-0.3, -0.25) is 0 Å². The zero-order valence-electron chi connectivity index (χ0n) is 6.49. The van der Waals surface area contributed by atoms with Crippen LogP contribution in [0.3, 0.4) is 0 Å². The lowest BCUT2D eigenvalue weighted by atomic mass is 10.3. The fourth-order valence-electron chi connectivity index (χ4n) is 0.799. The summed E-state index contributed by atoms with van der Waals surface area (Å²) in [7, 11) is -4.60. The summed E-state index contributed by atoms with van der Waals surface area (Å²) in [5.41, 5.74) is 0. The Bertz CT molecular complexity index is 501. The van der Waals surface area contributed by atoms with Crippen LogP contribution in [0.2, 0.25) is 5.02 Å². The second-order valence-electron chi connectivity index (χ2n) is 2.34. The van der Waals surface area contributed by atoms with E-state index in [2.05, 4.69) is 0 Å². The molecule has 0 heterocycles. The van der Waals surface area contributed by atoms with Crippen LogP contribution in [0.1, 0.15) is 0 Å². The van der Waals surface area contributed by atoms with E-state index in [9.17, 15) is 26.0 Å². The zero-order chi connectivity index (χ0) is 12.0. The molecule has 2 nitrogen and oxygen atoms in total. The maximum Gasteiger partial charge on any atom is 0.243 e. The summed E-state index contributed by atoms with van der Waals surface area (Å²) in [6, 6.07) is 0. The SMILES string of the molecule is O=S(=O)(Br)c1c(F)c(F)c(Cl)c(F)c1F. The molecule has 0 atom stereocenters. The highest BCUT2D eigenvalue weighted by molar-refractivity contribution is 9.47. The molecule has 0 amide bonds. The summed E-state index contributed by atoms with van der Waals surface area (Å²) >= 11 is 6.77. The predicted octanol–water partition coefficient (Wildman–Crippen LogP) is 2.98. The van der Waals surface area contributed by atoms with Gasteiger partial charge in [0.2, 0.25) is 8.27 Å². The van der Waals surface area contributed by atoms with Gasteiger partial charge in [-0.2, -0.15) is 0 Å². The highest BCUT2D eigenvalue weighted by Gasteiger charge is 2.30. The minimum absolute atomic E-state index is 1.44. The summed E-state index contributed by atoms with van der Waals surface area (Å²) in [5, 5.41) is -1.44. The van der Waals surface area contributed by atoms with E-state index in [4.69, 9.17) is 11.6 Å². The number of halogens is 6. The highest BCUT2D eigenvalue weighted by atomic mass is 79.9. The molecular formula is C6BrClF4O2S. The molecule has 0 N–H and O–H groups in total. The third-order valence-electron chi connectivity index (χ3n) is 1.41. The predicted molar refractivity (Wildman–Crippen MR) is 47.4 cm³/mol. The molecule has 0 unspecified atom stereocenters. The van der Waals surface area contributed by atoms with Crippen molar-refractivity contribution in [2.75, 3.05) is 0 Å². The van der Waals surface area contributed by atoms with E-state index in [-0.39, 0.29) is 0 Å². The molecule has 0 aliphatic carbocycles. The van der Waals surface area contributed by atoms with E-state index in [0.29, 0.717) is 0 Å². The van der Waals surface area contributed by atoms with E-state index < -0.39 is 41.5 Å². The monoisotopic (exact) mass is 326 g/mol. The maximum atomic E-state index is 12.9. The van der Waals surface area contributed by atoms with Crippen molar-refractivity contribution >= 4 is 34.7 Å². The highest BCUT2D eigenvalue weighted by Crippen LogP contribution is 2.32. The fourth-order valence-corrected chi connectivity index (χ4v) is 2.42. The Labute approximate surface area is 94.0 Å². The standard InChI is InChI=1S/C6BrClF4O2S/c7-15(13,14)6-4(11)2(9)1(8)3(10)5(6)12. The van der Waals surface area contributed by atoms with E-state index in [1.807, 2.05) is 14.8 Å². The molecule has 0 radical (unpaired) electrons. The van der Waals surface area contributed by atoms with Gasteiger partial charge < -0.3 is 0 Å². The first-order valence-electron chi connectivity index (χ1n) is 3.14. The second kappa shape index (κ2) is 3.91. The number of rotatable bonds is 1. The Morgan fingerprint density at radius 3 is 1.53 bits per heavy atom. The molecule has 0 fully saturated rings. The summed E-state index contributed by atoms with van der Waals surface area (Å²) in [6.07, 6.45) is 0. The van der Waals surface area contributed by atoms with Gasteiger partial charge in [-0.15, -0.1) is 0 Å². The van der Waals surface area contributed by atoms with Gasteiger partial charge in [0.05, 0.1) is 14.8 Å². The number of benzene rings is 1. The lowest BCUT2D eigenvalue weighted by Crippen LogP contribution is -2.06. The van der Waals surface area contributed by atoms with Crippen LogP contribution in [0.5, 0.6) is 0 Å². The zero-order valence-corrected chi connectivity index (χ0v) is 9.65. The van der Waals surface area contributed by atoms with Crippen LogP contribution in [-0.4, -0.2) is 8.42 Å². The lowest BCUT2D eigenvalue weighted by molar-refractivity contribution is 0.421. The van der Waals surface area contributed by atoms with Crippen LogP contribution in [0.25, 0.3) is 0 Å². The molecular weight excluding hydrogens is 327 g/mol. The first kappa shape index (κ1) is 12.7. The van der Waals surface area contributed by atoms with Crippen LogP contribution in [0.4, 0.5) is 17.6 Å². The normalized spacial score (nSPS) is 11.9. The maximum absolute atomic E-state index is 12.9. The van der Waals surface area contributed by atoms with Gasteiger partial charge >= 0.3 is 0 Å². The molecule has 1 aromatic carbocycles. The van der Waals surface area contributed by atoms with Crippen molar-refractivity contribution < 1.29 is 26.0 Å². The minimum Gasteiger partial charge on any atom is -0.212 e. The van der Waals surface area contributed by atoms with Gasteiger partial charge in [0.1, 0.15) is 5.02 Å². The minimum atomic E-state index is -4.60. The topological polar surface area (TPSA) is 34.1 Å². The first-order chi connectivity index (χ1) is 6.68. The van der Waals surface area contributed by atoms with Gasteiger partial charge in [0, 0.05) is 0 Å². The number of hydrogen-bond donors (Lipinski definition) is 0. The van der Waals surface area contributed by atoms with Crippen molar-refractivity contribution in [3.8, 4) is 0 Å². The van der Waals surface area contributed by atoms with Crippen LogP contribution < -0.4 is 0 Å². The summed E-state index contributed by atoms with van der Waals surface area (Å²) in [4.78, 5) is -1.75. The van der Waals surface area contributed by atoms with Crippen molar-refractivity contribution in [3.63, 3.8) is 0 Å². The molecule has 1 rings (SSSR count). The van der Waals surface area contributed by atoms with Crippen LogP contribution in [-0.2, 0) is 8.27 Å². The largest absolute Gasteiger partial charge is 0.243 e. The molecule has 0 saturated carbocycles. The van der Waals surface area contributed by atoms with Crippen molar-refractivity contribution in [3.05, 3.63) is 28.3 Å². The van der Waals surface area contributed by atoms with Gasteiger partial charge in [0.25, 0.3) is 0 Å². The average Bonchev–Trinajstić information content (AvgIpc) is 2.09. The molecule has 84 valence electrons.